The Hall–Kier alpha value is -3.97. The van der Waals surface area contributed by atoms with Gasteiger partial charge in [0, 0.05) is 32.6 Å². The van der Waals surface area contributed by atoms with Crippen molar-refractivity contribution in [1.82, 2.24) is 15.5 Å². The van der Waals surface area contributed by atoms with Crippen LogP contribution in [-0.2, 0) is 19.1 Å². The highest BCUT2D eigenvalue weighted by atomic mass is 19.4. The molecule has 0 atom stereocenters. The lowest BCUT2D eigenvalue weighted by atomic mass is 10.2. The molecule has 5 N–H and O–H groups in total. The van der Waals surface area contributed by atoms with Crippen molar-refractivity contribution in [2.75, 3.05) is 19.4 Å². The molecule has 0 heterocycles. The minimum Gasteiger partial charge on any atom is -0.383 e. The highest BCUT2D eigenvalue weighted by molar-refractivity contribution is 6.03. The Balaban J connectivity index is 2.41. The van der Waals surface area contributed by atoms with Crippen molar-refractivity contribution in [1.29, 1.82) is 10.8 Å². The third kappa shape index (κ3) is 9.23. The molecular weight excluding hydrogens is 437 g/mol. The maximum atomic E-state index is 12.1. The molecule has 2 amide bonds. The van der Waals surface area contributed by atoms with Gasteiger partial charge in [-0.15, -0.1) is 0 Å². The minimum atomic E-state index is -5.30. The van der Waals surface area contributed by atoms with Gasteiger partial charge < -0.3 is 15.0 Å². The molecule has 0 spiro atoms. The summed E-state index contributed by atoms with van der Waals surface area (Å²) in [5, 5.41) is 22.1. The maximum Gasteiger partial charge on any atom is 0.491 e. The molecule has 0 saturated heterocycles. The molecule has 0 radical (unpaired) electrons. The van der Waals surface area contributed by atoms with Crippen LogP contribution in [0.5, 0.6) is 0 Å². The molecule has 1 rings (SSSR count). The quantitative estimate of drug-likeness (QED) is 0.185. The molecule has 0 fully saturated rings. The fourth-order valence-corrected chi connectivity index (χ4v) is 1.99. The van der Waals surface area contributed by atoms with Gasteiger partial charge in [0.2, 0.25) is 17.8 Å². The Morgan fingerprint density at radius 3 is 2.06 bits per heavy atom. The Kier molecular flexibility index (Phi) is 9.31. The van der Waals surface area contributed by atoms with E-state index in [0.717, 1.165) is 12.1 Å². The van der Waals surface area contributed by atoms with E-state index in [1.54, 1.807) is 14.1 Å². The Labute approximate surface area is 180 Å². The normalized spacial score (nSPS) is 10.5. The summed E-state index contributed by atoms with van der Waals surface area (Å²) in [4.78, 5) is 47.2. The van der Waals surface area contributed by atoms with Crippen LogP contribution in [0, 0.1) is 10.8 Å². The number of benzene rings is 1. The number of amides is 2. The van der Waals surface area contributed by atoms with Crippen molar-refractivity contribution in [3.8, 4) is 0 Å². The molecule has 0 saturated carbocycles. The number of hydrogen-bond donors (Lipinski definition) is 5. The lowest BCUT2D eigenvalue weighted by Crippen LogP contribution is -2.47. The SMILES string of the molecule is CN(C)C(=N)NC(=N)NC(=O)CCCC(=O)Nc1ccc(C(=O)OC(=O)C(F)(F)F)cc1. The van der Waals surface area contributed by atoms with Crippen molar-refractivity contribution in [3.05, 3.63) is 29.8 Å². The predicted octanol–water partition coefficient (Wildman–Crippen LogP) is 1.18. The van der Waals surface area contributed by atoms with E-state index in [1.165, 1.54) is 17.0 Å². The van der Waals surface area contributed by atoms with Crippen molar-refractivity contribution < 1.29 is 37.1 Å². The third-order valence-electron chi connectivity index (χ3n) is 3.58. The highest BCUT2D eigenvalue weighted by Gasteiger charge is 2.42. The molecule has 14 heteroatoms. The zero-order valence-corrected chi connectivity index (χ0v) is 17.1. The maximum absolute atomic E-state index is 12.1. The number of alkyl halides is 3. The van der Waals surface area contributed by atoms with Crippen molar-refractivity contribution in [2.24, 2.45) is 0 Å². The second kappa shape index (κ2) is 11.4. The molecule has 0 aromatic heterocycles. The predicted molar refractivity (Wildman–Crippen MR) is 106 cm³/mol. The highest BCUT2D eigenvalue weighted by Crippen LogP contribution is 2.18. The smallest absolute Gasteiger partial charge is 0.383 e. The van der Waals surface area contributed by atoms with E-state index in [1.807, 2.05) is 0 Å². The summed E-state index contributed by atoms with van der Waals surface area (Å²) in [5.41, 5.74) is -0.0954. The molecule has 0 aliphatic heterocycles. The fraction of sp³-hybridized carbons (Fsp3) is 0.333. The number of carbonyl (C=O) groups excluding carboxylic acids is 4. The first-order valence-electron chi connectivity index (χ1n) is 8.94. The van der Waals surface area contributed by atoms with Crippen molar-refractivity contribution >= 4 is 41.4 Å². The van der Waals surface area contributed by atoms with Crippen LogP contribution in [0.3, 0.4) is 0 Å². The number of esters is 2. The monoisotopic (exact) mass is 458 g/mol. The molecule has 1 aromatic carbocycles. The zero-order valence-electron chi connectivity index (χ0n) is 17.1. The van der Waals surface area contributed by atoms with Crippen LogP contribution in [0.25, 0.3) is 0 Å². The van der Waals surface area contributed by atoms with Crippen LogP contribution in [0.1, 0.15) is 29.6 Å². The molecule has 11 nitrogen and oxygen atoms in total. The van der Waals surface area contributed by atoms with E-state index >= 15 is 0 Å². The molecule has 32 heavy (non-hydrogen) atoms. The number of nitrogens with one attached hydrogen (secondary N) is 5. The molecule has 0 aliphatic rings. The van der Waals surface area contributed by atoms with Gasteiger partial charge in [-0.1, -0.05) is 0 Å². The van der Waals surface area contributed by atoms with Gasteiger partial charge in [-0.25, -0.2) is 9.59 Å². The third-order valence-corrected chi connectivity index (χ3v) is 3.58. The summed E-state index contributed by atoms with van der Waals surface area (Å²) in [6, 6.07) is 4.59. The van der Waals surface area contributed by atoms with Crippen molar-refractivity contribution in [2.45, 2.75) is 25.4 Å². The summed E-state index contributed by atoms with van der Waals surface area (Å²) in [6.45, 7) is 0. The number of anilines is 1. The molecule has 0 aliphatic carbocycles. The summed E-state index contributed by atoms with van der Waals surface area (Å²) >= 11 is 0. The summed E-state index contributed by atoms with van der Waals surface area (Å²) in [5.74, 6) is -5.60. The van der Waals surface area contributed by atoms with Gasteiger partial charge in [-0.3, -0.25) is 31.0 Å². The second-order valence-electron chi connectivity index (χ2n) is 6.45. The Morgan fingerprint density at radius 2 is 1.53 bits per heavy atom. The van der Waals surface area contributed by atoms with Crippen LogP contribution in [0.4, 0.5) is 18.9 Å². The second-order valence-corrected chi connectivity index (χ2v) is 6.45. The average Bonchev–Trinajstić information content (AvgIpc) is 2.67. The number of halogens is 3. The first-order chi connectivity index (χ1) is 14.8. The van der Waals surface area contributed by atoms with Gasteiger partial charge in [-0.05, 0) is 30.7 Å². The van der Waals surface area contributed by atoms with Gasteiger partial charge in [0.15, 0.2) is 5.96 Å². The molecular formula is C18H21F3N6O5. The summed E-state index contributed by atoms with van der Waals surface area (Å²) in [7, 11) is 3.16. The number of ether oxygens (including phenoxy) is 1. The number of guanidine groups is 2. The lowest BCUT2D eigenvalue weighted by Gasteiger charge is -2.15. The summed E-state index contributed by atoms with van der Waals surface area (Å²) < 4.78 is 40.0. The van der Waals surface area contributed by atoms with Crippen LogP contribution >= 0.6 is 0 Å². The first kappa shape index (κ1) is 26.1. The average molecular weight is 458 g/mol. The molecule has 0 bridgehead atoms. The van der Waals surface area contributed by atoms with E-state index in [2.05, 4.69) is 20.7 Å². The van der Waals surface area contributed by atoms with Gasteiger partial charge in [-0.2, -0.15) is 13.2 Å². The van der Waals surface area contributed by atoms with E-state index in [9.17, 15) is 32.3 Å². The topological polar surface area (TPSA) is 165 Å². The van der Waals surface area contributed by atoms with Gasteiger partial charge in [0.1, 0.15) is 0 Å². The molecule has 0 unspecified atom stereocenters. The van der Waals surface area contributed by atoms with Gasteiger partial charge >= 0.3 is 18.1 Å². The van der Waals surface area contributed by atoms with E-state index in [-0.39, 0.29) is 42.4 Å². The van der Waals surface area contributed by atoms with Crippen LogP contribution in [0.2, 0.25) is 0 Å². The first-order valence-corrected chi connectivity index (χ1v) is 8.94. The zero-order chi connectivity index (χ0) is 24.5. The number of hydrogen-bond acceptors (Lipinski definition) is 7. The number of rotatable bonds is 6. The molecule has 1 aromatic rings. The van der Waals surface area contributed by atoms with Crippen molar-refractivity contribution in [3.63, 3.8) is 0 Å². The van der Waals surface area contributed by atoms with Gasteiger partial charge in [0.05, 0.1) is 5.56 Å². The Bertz CT molecular complexity index is 899. The summed E-state index contributed by atoms with van der Waals surface area (Å²) in [6.07, 6.45) is -5.26. The van der Waals surface area contributed by atoms with Crippen LogP contribution in [-0.4, -0.2) is 60.8 Å². The lowest BCUT2D eigenvalue weighted by molar-refractivity contribution is -0.193. The minimum absolute atomic E-state index is 0.0500. The van der Waals surface area contributed by atoms with Crippen LogP contribution < -0.4 is 16.0 Å². The van der Waals surface area contributed by atoms with E-state index in [0.29, 0.717) is 0 Å². The van der Waals surface area contributed by atoms with E-state index < -0.39 is 29.9 Å². The standard InChI is InChI=1S/C18H21F3N6O5/c1-27(2)17(23)26-16(22)25-13(29)5-3-4-12(28)24-11-8-6-10(7-9-11)14(30)32-15(31)18(19,20)21/h6-9H,3-5H2,1-2H3,(H,24,28)(H4,22,23,25,26,29). The van der Waals surface area contributed by atoms with Crippen LogP contribution in [0.15, 0.2) is 24.3 Å². The molecule has 174 valence electrons. The largest absolute Gasteiger partial charge is 0.491 e. The number of carbonyl (C=O) groups is 4. The van der Waals surface area contributed by atoms with E-state index in [4.69, 9.17) is 10.8 Å². The Morgan fingerprint density at radius 1 is 0.969 bits per heavy atom. The fourth-order valence-electron chi connectivity index (χ4n) is 1.99. The van der Waals surface area contributed by atoms with Gasteiger partial charge in [0.25, 0.3) is 0 Å². The number of nitrogens with zero attached hydrogens (tertiary/aromatic N) is 1.